The number of hydrogen-bond donors (Lipinski definition) is 2. The van der Waals surface area contributed by atoms with E-state index in [-0.39, 0.29) is 13.2 Å². The van der Waals surface area contributed by atoms with E-state index in [2.05, 4.69) is 20.9 Å². The first-order valence-electron chi connectivity index (χ1n) is 4.33. The van der Waals surface area contributed by atoms with E-state index in [1.807, 2.05) is 0 Å². The fourth-order valence-corrected chi connectivity index (χ4v) is 1.32. The highest BCUT2D eigenvalue weighted by molar-refractivity contribution is 9.10. The van der Waals surface area contributed by atoms with Crippen LogP contribution in [0.5, 0.6) is 0 Å². The van der Waals surface area contributed by atoms with Gasteiger partial charge < -0.3 is 9.84 Å². The van der Waals surface area contributed by atoms with Gasteiger partial charge in [-0.05, 0) is 15.9 Å². The molecular formula is C8H11BrN2O4. The van der Waals surface area contributed by atoms with Crippen LogP contribution in [0.4, 0.5) is 0 Å². The number of aromatic nitrogens is 2. The minimum absolute atomic E-state index is 0.0514. The largest absolute Gasteiger partial charge is 0.394 e. The van der Waals surface area contributed by atoms with Gasteiger partial charge >= 0.3 is 5.69 Å². The molecule has 0 spiro atoms. The summed E-state index contributed by atoms with van der Waals surface area (Å²) in [4.78, 5) is 24.4. The van der Waals surface area contributed by atoms with Crippen LogP contribution < -0.4 is 11.2 Å². The van der Waals surface area contributed by atoms with Crippen molar-refractivity contribution >= 4 is 15.9 Å². The molecular weight excluding hydrogens is 268 g/mol. The zero-order chi connectivity index (χ0) is 11.3. The zero-order valence-corrected chi connectivity index (χ0v) is 9.49. The lowest BCUT2D eigenvalue weighted by atomic mass is 10.6. The van der Waals surface area contributed by atoms with Gasteiger partial charge in [-0.2, -0.15) is 0 Å². The number of rotatable bonds is 5. The Bertz CT molecular complexity index is 425. The Morgan fingerprint density at radius 3 is 2.87 bits per heavy atom. The van der Waals surface area contributed by atoms with Gasteiger partial charge in [0, 0.05) is 6.20 Å². The number of hydrogen-bond acceptors (Lipinski definition) is 4. The number of aliphatic hydroxyl groups is 1. The maximum atomic E-state index is 11.2. The quantitative estimate of drug-likeness (QED) is 0.699. The van der Waals surface area contributed by atoms with Gasteiger partial charge in [-0.1, -0.05) is 0 Å². The van der Waals surface area contributed by atoms with E-state index in [0.29, 0.717) is 17.6 Å². The number of H-pyrrole nitrogens is 1. The predicted octanol–water partition coefficient (Wildman–Crippen LogP) is -0.692. The summed E-state index contributed by atoms with van der Waals surface area (Å²) in [5.74, 6) is 0. The molecule has 0 radical (unpaired) electrons. The van der Waals surface area contributed by atoms with Gasteiger partial charge in [0.2, 0.25) is 0 Å². The SMILES string of the molecule is O=c1[nH]c(=O)n(CCOCCO)cc1Br. The Hall–Kier alpha value is -0.920. The fourth-order valence-electron chi connectivity index (χ4n) is 0.978. The third kappa shape index (κ3) is 3.61. The first-order chi connectivity index (χ1) is 7.15. The maximum absolute atomic E-state index is 11.2. The Labute approximate surface area is 93.6 Å². The Balaban J connectivity index is 2.66. The highest BCUT2D eigenvalue weighted by Crippen LogP contribution is 1.97. The van der Waals surface area contributed by atoms with Crippen LogP contribution in [-0.4, -0.2) is 34.5 Å². The number of ether oxygens (including phenoxy) is 1. The van der Waals surface area contributed by atoms with Crippen molar-refractivity contribution in [3.05, 3.63) is 31.5 Å². The topological polar surface area (TPSA) is 84.3 Å². The molecule has 1 aromatic heterocycles. The summed E-state index contributed by atoms with van der Waals surface area (Å²) in [6.45, 7) is 0.816. The summed E-state index contributed by atoms with van der Waals surface area (Å²) in [7, 11) is 0. The fraction of sp³-hybridized carbons (Fsp3) is 0.500. The van der Waals surface area contributed by atoms with Crippen LogP contribution in [-0.2, 0) is 11.3 Å². The van der Waals surface area contributed by atoms with Gasteiger partial charge in [0.05, 0.1) is 30.8 Å². The highest BCUT2D eigenvalue weighted by Gasteiger charge is 2.01. The van der Waals surface area contributed by atoms with E-state index in [1.165, 1.54) is 10.8 Å². The first-order valence-corrected chi connectivity index (χ1v) is 5.12. The van der Waals surface area contributed by atoms with E-state index < -0.39 is 11.2 Å². The lowest BCUT2D eigenvalue weighted by Crippen LogP contribution is -2.31. The Morgan fingerprint density at radius 2 is 2.20 bits per heavy atom. The highest BCUT2D eigenvalue weighted by atomic mass is 79.9. The third-order valence-electron chi connectivity index (χ3n) is 1.68. The lowest BCUT2D eigenvalue weighted by Gasteiger charge is -2.05. The summed E-state index contributed by atoms with van der Waals surface area (Å²) in [6.07, 6.45) is 1.41. The zero-order valence-electron chi connectivity index (χ0n) is 7.90. The van der Waals surface area contributed by atoms with Crippen molar-refractivity contribution in [1.82, 2.24) is 9.55 Å². The average molecular weight is 279 g/mol. The van der Waals surface area contributed by atoms with Crippen molar-refractivity contribution in [3.8, 4) is 0 Å². The smallest absolute Gasteiger partial charge is 0.328 e. The van der Waals surface area contributed by atoms with Crippen LogP contribution in [0.15, 0.2) is 20.3 Å². The molecule has 0 atom stereocenters. The van der Waals surface area contributed by atoms with Crippen molar-refractivity contribution in [3.63, 3.8) is 0 Å². The average Bonchev–Trinajstić information content (AvgIpc) is 2.20. The van der Waals surface area contributed by atoms with E-state index in [1.54, 1.807) is 0 Å². The van der Waals surface area contributed by atoms with Crippen LogP contribution >= 0.6 is 15.9 Å². The van der Waals surface area contributed by atoms with Gasteiger partial charge in [-0.3, -0.25) is 14.3 Å². The van der Waals surface area contributed by atoms with Crippen LogP contribution in [0, 0.1) is 0 Å². The summed E-state index contributed by atoms with van der Waals surface area (Å²) in [5, 5.41) is 8.45. The molecule has 0 aliphatic rings. The third-order valence-corrected chi connectivity index (χ3v) is 2.24. The predicted molar refractivity (Wildman–Crippen MR) is 56.9 cm³/mol. The van der Waals surface area contributed by atoms with Gasteiger partial charge in [0.15, 0.2) is 0 Å². The van der Waals surface area contributed by atoms with Crippen LogP contribution in [0.2, 0.25) is 0 Å². The van der Waals surface area contributed by atoms with Crippen molar-refractivity contribution in [2.45, 2.75) is 6.54 Å². The number of halogens is 1. The van der Waals surface area contributed by atoms with E-state index in [9.17, 15) is 9.59 Å². The molecule has 1 heterocycles. The van der Waals surface area contributed by atoms with Crippen LogP contribution in [0.1, 0.15) is 0 Å². The first kappa shape index (κ1) is 12.2. The summed E-state index contributed by atoms with van der Waals surface area (Å²) >= 11 is 3.02. The molecule has 6 nitrogen and oxygen atoms in total. The normalized spacial score (nSPS) is 10.5. The molecule has 0 amide bonds. The van der Waals surface area contributed by atoms with Crippen LogP contribution in [0.3, 0.4) is 0 Å². The number of aliphatic hydroxyl groups excluding tert-OH is 1. The summed E-state index contributed by atoms with van der Waals surface area (Å²) in [6, 6.07) is 0. The minimum Gasteiger partial charge on any atom is -0.394 e. The Kier molecular flexibility index (Phi) is 4.73. The second-order valence-electron chi connectivity index (χ2n) is 2.77. The second kappa shape index (κ2) is 5.84. The number of nitrogens with one attached hydrogen (secondary N) is 1. The number of aromatic amines is 1. The van der Waals surface area contributed by atoms with Gasteiger partial charge in [0.25, 0.3) is 5.56 Å². The van der Waals surface area contributed by atoms with Gasteiger partial charge in [-0.25, -0.2) is 4.79 Å². The van der Waals surface area contributed by atoms with E-state index in [4.69, 9.17) is 9.84 Å². The summed E-state index contributed by atoms with van der Waals surface area (Å²) in [5.41, 5.74) is -0.927. The van der Waals surface area contributed by atoms with Crippen molar-refractivity contribution < 1.29 is 9.84 Å². The van der Waals surface area contributed by atoms with Gasteiger partial charge in [0.1, 0.15) is 0 Å². The standard InChI is InChI=1S/C8H11BrN2O4/c9-6-5-11(1-3-15-4-2-12)8(14)10-7(6)13/h5,12H,1-4H2,(H,10,13,14). The Morgan fingerprint density at radius 1 is 1.47 bits per heavy atom. The maximum Gasteiger partial charge on any atom is 0.328 e. The van der Waals surface area contributed by atoms with Crippen molar-refractivity contribution in [1.29, 1.82) is 0 Å². The monoisotopic (exact) mass is 278 g/mol. The molecule has 0 unspecified atom stereocenters. The molecule has 1 aromatic rings. The lowest BCUT2D eigenvalue weighted by molar-refractivity contribution is 0.0863. The molecule has 0 aromatic carbocycles. The molecule has 0 bridgehead atoms. The van der Waals surface area contributed by atoms with E-state index >= 15 is 0 Å². The molecule has 7 heteroatoms. The molecule has 15 heavy (non-hydrogen) atoms. The molecule has 1 rings (SSSR count). The van der Waals surface area contributed by atoms with Gasteiger partial charge in [-0.15, -0.1) is 0 Å². The van der Waals surface area contributed by atoms with E-state index in [0.717, 1.165) is 0 Å². The van der Waals surface area contributed by atoms with Crippen LogP contribution in [0.25, 0.3) is 0 Å². The molecule has 0 aliphatic carbocycles. The molecule has 0 saturated carbocycles. The number of nitrogens with zero attached hydrogens (tertiary/aromatic N) is 1. The molecule has 0 saturated heterocycles. The summed E-state index contributed by atoms with van der Waals surface area (Å²) < 4.78 is 6.61. The second-order valence-corrected chi connectivity index (χ2v) is 3.62. The molecule has 0 aliphatic heterocycles. The molecule has 0 fully saturated rings. The van der Waals surface area contributed by atoms with Crippen molar-refractivity contribution in [2.75, 3.05) is 19.8 Å². The molecule has 84 valence electrons. The minimum atomic E-state index is -0.476. The molecule has 2 N–H and O–H groups in total. The van der Waals surface area contributed by atoms with Crippen molar-refractivity contribution in [2.24, 2.45) is 0 Å².